The van der Waals surface area contributed by atoms with Gasteiger partial charge in [-0.05, 0) is 33.2 Å². The minimum atomic E-state index is -0.618. The number of carbonyl (C=O) groups excluding carboxylic acids is 2. The van der Waals surface area contributed by atoms with Crippen molar-refractivity contribution < 1.29 is 9.59 Å². The van der Waals surface area contributed by atoms with Gasteiger partial charge in [0.25, 0.3) is 5.91 Å². The zero-order valence-electron chi connectivity index (χ0n) is 21.9. The molecule has 0 saturated carbocycles. The number of Topliss-reactive ketones (excluding diaryl/α,β-unsaturated/α-hetero) is 1. The summed E-state index contributed by atoms with van der Waals surface area (Å²) in [6.45, 7) is 8.77. The van der Waals surface area contributed by atoms with E-state index in [2.05, 4.69) is 25.2 Å². The van der Waals surface area contributed by atoms with Crippen molar-refractivity contribution >= 4 is 34.6 Å². The van der Waals surface area contributed by atoms with Crippen LogP contribution in [0.2, 0.25) is 0 Å². The van der Waals surface area contributed by atoms with Crippen molar-refractivity contribution in [3.8, 4) is 0 Å². The average Bonchev–Trinajstić information content (AvgIpc) is 2.78. The van der Waals surface area contributed by atoms with E-state index in [1.54, 1.807) is 46.2 Å². The first-order chi connectivity index (χ1) is 16.8. The van der Waals surface area contributed by atoms with Crippen LogP contribution in [0.25, 0.3) is 0 Å². The van der Waals surface area contributed by atoms with Crippen LogP contribution < -0.4 is 21.9 Å². The van der Waals surface area contributed by atoms with E-state index in [1.165, 1.54) is 11.2 Å². The van der Waals surface area contributed by atoms with Gasteiger partial charge in [-0.2, -0.15) is 4.99 Å². The van der Waals surface area contributed by atoms with E-state index < -0.39 is 11.3 Å². The number of aryl methyl sites for hydroxylation is 1. The Kier molecular flexibility index (Phi) is 9.76. The molecule has 6 N–H and O–H groups in total. The molecular weight excluding hydrogens is 458 g/mol. The molecule has 11 nitrogen and oxygen atoms in total. The van der Waals surface area contributed by atoms with Gasteiger partial charge in [0.2, 0.25) is 0 Å². The second-order valence-electron chi connectivity index (χ2n) is 9.89. The zero-order valence-corrected chi connectivity index (χ0v) is 21.9. The summed E-state index contributed by atoms with van der Waals surface area (Å²) in [6, 6.07) is 3.40. The molecule has 0 atom stereocenters. The van der Waals surface area contributed by atoms with E-state index >= 15 is 0 Å². The van der Waals surface area contributed by atoms with Gasteiger partial charge in [0.15, 0.2) is 0 Å². The second kappa shape index (κ2) is 12.3. The largest absolute Gasteiger partial charge is 0.387 e. The Balaban J connectivity index is 2.12. The van der Waals surface area contributed by atoms with Crippen LogP contribution in [0.5, 0.6) is 0 Å². The minimum absolute atomic E-state index is 0.0556. The number of aromatic nitrogens is 2. The fourth-order valence-corrected chi connectivity index (χ4v) is 3.07. The van der Waals surface area contributed by atoms with E-state index in [0.717, 1.165) is 18.8 Å². The quantitative estimate of drug-likeness (QED) is 0.158. The standard InChI is InChI=1S/C25H37N9O2/c1-16-21(10-18(13-31-16)24(36)32-23(27)11-22(35)25(2,3)4)34(28)15-20(26)17-9-19(14-29-12-17)30-7-8-33(5)6/h9-10,12-14,26,30H,7-8,11,15,28H2,1-6H3,(H2,27,32,36). The molecule has 11 heteroatoms. The van der Waals surface area contributed by atoms with E-state index in [-0.39, 0.29) is 35.9 Å². The number of pyridine rings is 2. The number of amidine groups is 1. The van der Waals surface area contributed by atoms with Gasteiger partial charge in [0.1, 0.15) is 11.6 Å². The molecule has 0 bridgehead atoms. The molecule has 0 radical (unpaired) electrons. The SMILES string of the molecule is Cc1ncc(C(=O)N=C(N)CC(=O)C(C)(C)C)cc1N(N)CC(=N)c1cncc(NCCN(C)C)c1. The number of aliphatic imine (C=N–C) groups is 1. The van der Waals surface area contributed by atoms with Gasteiger partial charge >= 0.3 is 0 Å². The zero-order chi connectivity index (χ0) is 27.0. The Hall–Kier alpha value is -3.70. The highest BCUT2D eigenvalue weighted by molar-refractivity contribution is 6.09. The molecule has 2 rings (SSSR count). The van der Waals surface area contributed by atoms with Crippen molar-refractivity contribution in [1.82, 2.24) is 14.9 Å². The smallest absolute Gasteiger partial charge is 0.280 e. The fraction of sp³-hybridized carbons (Fsp3) is 0.440. The number of hydrazine groups is 1. The molecule has 0 aliphatic rings. The molecule has 0 fully saturated rings. The number of rotatable bonds is 11. The summed E-state index contributed by atoms with van der Waals surface area (Å²) in [5, 5.41) is 13.1. The van der Waals surface area contributed by atoms with Crippen molar-refractivity contribution in [2.75, 3.05) is 44.1 Å². The molecule has 0 unspecified atom stereocenters. The van der Waals surface area contributed by atoms with Crippen LogP contribution in [-0.4, -0.2) is 71.8 Å². The summed E-state index contributed by atoms with van der Waals surface area (Å²) in [4.78, 5) is 39.2. The maximum absolute atomic E-state index is 12.6. The molecule has 0 aliphatic heterocycles. The number of hydrogen-bond acceptors (Lipinski definition) is 9. The Labute approximate surface area is 212 Å². The topological polar surface area (TPSA) is 167 Å². The van der Waals surface area contributed by atoms with Gasteiger partial charge in [0, 0.05) is 42.7 Å². The first-order valence-corrected chi connectivity index (χ1v) is 11.6. The Morgan fingerprint density at radius 3 is 2.47 bits per heavy atom. The lowest BCUT2D eigenvalue weighted by Crippen LogP contribution is -2.37. The Morgan fingerprint density at radius 2 is 1.83 bits per heavy atom. The predicted molar refractivity (Wildman–Crippen MR) is 144 cm³/mol. The molecule has 0 aromatic carbocycles. The normalized spacial score (nSPS) is 11.9. The lowest BCUT2D eigenvalue weighted by atomic mass is 9.89. The molecule has 0 spiro atoms. The van der Waals surface area contributed by atoms with Crippen LogP contribution in [-0.2, 0) is 4.79 Å². The van der Waals surface area contributed by atoms with E-state index in [0.29, 0.717) is 16.9 Å². The van der Waals surface area contributed by atoms with Crippen LogP contribution in [0.15, 0.2) is 35.7 Å². The molecule has 0 aliphatic carbocycles. The molecular formula is C25H37N9O2. The number of nitrogens with one attached hydrogen (secondary N) is 2. The summed E-state index contributed by atoms with van der Waals surface area (Å²) >= 11 is 0. The summed E-state index contributed by atoms with van der Waals surface area (Å²) < 4.78 is 0. The molecule has 2 aromatic rings. The van der Waals surface area contributed by atoms with Gasteiger partial charge < -0.3 is 26.4 Å². The maximum atomic E-state index is 12.6. The van der Waals surface area contributed by atoms with Crippen molar-refractivity contribution in [3.05, 3.63) is 47.5 Å². The number of likely N-dealkylation sites (N-methyl/N-ethyl adjacent to an activating group) is 1. The second-order valence-corrected chi connectivity index (χ2v) is 9.89. The lowest BCUT2D eigenvalue weighted by Gasteiger charge is -2.21. The highest BCUT2D eigenvalue weighted by atomic mass is 16.1. The molecule has 36 heavy (non-hydrogen) atoms. The van der Waals surface area contributed by atoms with Gasteiger partial charge in [-0.1, -0.05) is 20.8 Å². The Bertz CT molecular complexity index is 1140. The first kappa shape index (κ1) is 28.5. The molecule has 2 heterocycles. The van der Waals surface area contributed by atoms with E-state index in [4.69, 9.17) is 17.0 Å². The lowest BCUT2D eigenvalue weighted by molar-refractivity contribution is -0.125. The van der Waals surface area contributed by atoms with Gasteiger partial charge in [-0.3, -0.25) is 19.6 Å². The third kappa shape index (κ3) is 8.51. The van der Waals surface area contributed by atoms with Crippen LogP contribution in [0.3, 0.4) is 0 Å². The van der Waals surface area contributed by atoms with Crippen LogP contribution in [0, 0.1) is 17.7 Å². The summed E-state index contributed by atoms with van der Waals surface area (Å²) in [7, 11) is 3.99. The third-order valence-electron chi connectivity index (χ3n) is 5.34. The highest BCUT2D eigenvalue weighted by Crippen LogP contribution is 2.20. The van der Waals surface area contributed by atoms with Crippen molar-refractivity contribution in [2.24, 2.45) is 22.0 Å². The maximum Gasteiger partial charge on any atom is 0.280 e. The number of hydrogen-bond donors (Lipinski definition) is 4. The number of carbonyl (C=O) groups is 2. The van der Waals surface area contributed by atoms with Crippen molar-refractivity contribution in [2.45, 2.75) is 34.1 Å². The number of amides is 1. The summed E-state index contributed by atoms with van der Waals surface area (Å²) in [5.41, 5.74) is 8.18. The van der Waals surface area contributed by atoms with E-state index in [1.807, 2.05) is 20.2 Å². The highest BCUT2D eigenvalue weighted by Gasteiger charge is 2.22. The van der Waals surface area contributed by atoms with Gasteiger partial charge in [0.05, 0.1) is 41.3 Å². The number of ketones is 1. The molecule has 0 saturated heterocycles. The average molecular weight is 496 g/mol. The van der Waals surface area contributed by atoms with Gasteiger partial charge in [-0.25, -0.2) is 5.84 Å². The molecule has 2 aromatic heterocycles. The van der Waals surface area contributed by atoms with Crippen LogP contribution in [0.4, 0.5) is 11.4 Å². The predicted octanol–water partition coefficient (Wildman–Crippen LogP) is 2.01. The first-order valence-electron chi connectivity index (χ1n) is 11.6. The summed E-state index contributed by atoms with van der Waals surface area (Å²) in [6.07, 6.45) is 4.58. The number of nitrogens with zero attached hydrogens (tertiary/aromatic N) is 5. The summed E-state index contributed by atoms with van der Waals surface area (Å²) in [5.74, 6) is 5.48. The van der Waals surface area contributed by atoms with Crippen LogP contribution >= 0.6 is 0 Å². The third-order valence-corrected chi connectivity index (χ3v) is 5.34. The molecule has 194 valence electrons. The minimum Gasteiger partial charge on any atom is -0.387 e. The van der Waals surface area contributed by atoms with Gasteiger partial charge in [-0.15, -0.1) is 0 Å². The van der Waals surface area contributed by atoms with E-state index in [9.17, 15) is 9.59 Å². The van der Waals surface area contributed by atoms with Crippen LogP contribution in [0.1, 0.15) is 48.8 Å². The fourth-order valence-electron chi connectivity index (χ4n) is 3.07. The number of anilines is 2. The number of nitrogens with two attached hydrogens (primary N) is 2. The van der Waals surface area contributed by atoms with Crippen molar-refractivity contribution in [3.63, 3.8) is 0 Å². The molecule has 1 amide bonds. The monoisotopic (exact) mass is 495 g/mol. The Morgan fingerprint density at radius 1 is 1.14 bits per heavy atom. The van der Waals surface area contributed by atoms with Crippen molar-refractivity contribution in [1.29, 1.82) is 5.41 Å².